The zero-order valence-electron chi connectivity index (χ0n) is 15.2. The smallest absolute Gasteiger partial charge is 0.198 e. The van der Waals surface area contributed by atoms with Crippen molar-refractivity contribution in [2.24, 2.45) is 0 Å². The van der Waals surface area contributed by atoms with Crippen molar-refractivity contribution in [1.82, 2.24) is 9.97 Å². The summed E-state index contributed by atoms with van der Waals surface area (Å²) in [6, 6.07) is 16.7. The predicted molar refractivity (Wildman–Crippen MR) is 111 cm³/mol. The highest BCUT2D eigenvalue weighted by atomic mass is 35.5. The molecule has 2 heterocycles. The molecule has 0 radical (unpaired) electrons. The van der Waals surface area contributed by atoms with Gasteiger partial charge in [-0.2, -0.15) is 0 Å². The first-order chi connectivity index (χ1) is 13.7. The lowest BCUT2D eigenvalue weighted by molar-refractivity contribution is 0.104. The molecule has 140 valence electrons. The van der Waals surface area contributed by atoms with Gasteiger partial charge in [-0.1, -0.05) is 29.8 Å². The number of ether oxygens (including phenoxy) is 1. The Morgan fingerprint density at radius 1 is 1.14 bits per heavy atom. The standard InChI is InChI=1S/C22H18ClN3O2/c1-28-16-7-4-14(5-8-16)12-26-22-18(3-2-10-24-22)21(27)19-13-25-20-11-15(23)6-9-17(19)20/h2-11,13,25H,12H2,1H3,(H,24,26). The molecule has 2 aromatic carbocycles. The number of anilines is 1. The summed E-state index contributed by atoms with van der Waals surface area (Å²) in [4.78, 5) is 20.6. The first-order valence-electron chi connectivity index (χ1n) is 8.79. The number of aromatic amines is 1. The number of carbonyl (C=O) groups is 1. The molecule has 28 heavy (non-hydrogen) atoms. The lowest BCUT2D eigenvalue weighted by atomic mass is 10.0. The average molecular weight is 392 g/mol. The van der Waals surface area contributed by atoms with Crippen LogP contribution in [0, 0.1) is 0 Å². The number of hydrogen-bond acceptors (Lipinski definition) is 4. The van der Waals surface area contributed by atoms with Gasteiger partial charge in [-0.25, -0.2) is 4.98 Å². The number of benzene rings is 2. The van der Waals surface area contributed by atoms with E-state index in [1.807, 2.05) is 30.3 Å². The first kappa shape index (κ1) is 18.1. The van der Waals surface area contributed by atoms with Crippen LogP contribution in [-0.2, 0) is 6.54 Å². The van der Waals surface area contributed by atoms with E-state index in [9.17, 15) is 4.79 Å². The third kappa shape index (κ3) is 3.57. The van der Waals surface area contributed by atoms with Crippen LogP contribution in [-0.4, -0.2) is 22.9 Å². The quantitative estimate of drug-likeness (QED) is 0.450. The summed E-state index contributed by atoms with van der Waals surface area (Å²) in [5.74, 6) is 1.25. The number of rotatable bonds is 6. The molecule has 0 unspecified atom stereocenters. The van der Waals surface area contributed by atoms with Gasteiger partial charge in [0.2, 0.25) is 0 Å². The maximum Gasteiger partial charge on any atom is 0.198 e. The van der Waals surface area contributed by atoms with Gasteiger partial charge in [0.15, 0.2) is 5.78 Å². The Hall–Kier alpha value is -3.31. The van der Waals surface area contributed by atoms with Gasteiger partial charge in [0.1, 0.15) is 11.6 Å². The van der Waals surface area contributed by atoms with Crippen molar-refractivity contribution in [2.45, 2.75) is 6.54 Å². The van der Waals surface area contributed by atoms with E-state index in [1.54, 1.807) is 43.8 Å². The fourth-order valence-electron chi connectivity index (χ4n) is 3.09. The third-order valence-corrected chi connectivity index (χ3v) is 4.79. The molecule has 0 fully saturated rings. The zero-order valence-corrected chi connectivity index (χ0v) is 16.0. The topological polar surface area (TPSA) is 67.0 Å². The summed E-state index contributed by atoms with van der Waals surface area (Å²) in [6.07, 6.45) is 3.38. The second-order valence-corrected chi connectivity index (χ2v) is 6.76. The normalized spacial score (nSPS) is 10.8. The average Bonchev–Trinajstić information content (AvgIpc) is 3.15. The lowest BCUT2D eigenvalue weighted by Crippen LogP contribution is -2.09. The van der Waals surface area contributed by atoms with Crippen LogP contribution in [0.4, 0.5) is 5.82 Å². The van der Waals surface area contributed by atoms with Crippen LogP contribution in [0.3, 0.4) is 0 Å². The van der Waals surface area contributed by atoms with Crippen LogP contribution in [0.5, 0.6) is 5.75 Å². The number of H-pyrrole nitrogens is 1. The Morgan fingerprint density at radius 2 is 1.96 bits per heavy atom. The highest BCUT2D eigenvalue weighted by Crippen LogP contribution is 2.26. The van der Waals surface area contributed by atoms with E-state index in [0.717, 1.165) is 22.2 Å². The summed E-state index contributed by atoms with van der Waals surface area (Å²) in [6.45, 7) is 0.546. The minimum Gasteiger partial charge on any atom is -0.497 e. The molecule has 0 saturated heterocycles. The van der Waals surface area contributed by atoms with Gasteiger partial charge in [0, 0.05) is 40.4 Å². The number of methoxy groups -OCH3 is 1. The van der Waals surface area contributed by atoms with Gasteiger partial charge in [-0.15, -0.1) is 0 Å². The highest BCUT2D eigenvalue weighted by molar-refractivity contribution is 6.31. The molecule has 0 amide bonds. The van der Waals surface area contributed by atoms with Gasteiger partial charge in [0.25, 0.3) is 0 Å². The van der Waals surface area contributed by atoms with Crippen molar-refractivity contribution in [3.8, 4) is 5.75 Å². The Balaban J connectivity index is 1.60. The van der Waals surface area contributed by atoms with E-state index in [0.29, 0.717) is 28.5 Å². The SMILES string of the molecule is COc1ccc(CNc2ncccc2C(=O)c2c[nH]c3cc(Cl)ccc23)cc1. The maximum absolute atomic E-state index is 13.2. The van der Waals surface area contributed by atoms with E-state index in [2.05, 4.69) is 15.3 Å². The number of carbonyl (C=O) groups excluding carboxylic acids is 1. The Labute approximate surface area is 167 Å². The molecule has 0 aliphatic heterocycles. The second kappa shape index (κ2) is 7.74. The number of ketones is 1. The number of nitrogens with one attached hydrogen (secondary N) is 2. The minimum atomic E-state index is -0.0982. The van der Waals surface area contributed by atoms with Crippen molar-refractivity contribution >= 4 is 34.1 Å². The Morgan fingerprint density at radius 3 is 2.75 bits per heavy atom. The zero-order chi connectivity index (χ0) is 19.5. The molecule has 0 aliphatic rings. The molecule has 0 atom stereocenters. The molecule has 4 rings (SSSR count). The number of hydrogen-bond donors (Lipinski definition) is 2. The number of nitrogens with zero attached hydrogens (tertiary/aromatic N) is 1. The molecular formula is C22H18ClN3O2. The summed E-state index contributed by atoms with van der Waals surface area (Å²) >= 11 is 6.04. The molecule has 0 bridgehead atoms. The van der Waals surface area contributed by atoms with Gasteiger partial charge in [0.05, 0.1) is 12.7 Å². The first-order valence-corrected chi connectivity index (χ1v) is 9.16. The van der Waals surface area contributed by atoms with Crippen molar-refractivity contribution in [2.75, 3.05) is 12.4 Å². The van der Waals surface area contributed by atoms with Gasteiger partial charge >= 0.3 is 0 Å². The Bertz CT molecular complexity index is 1140. The molecule has 6 heteroatoms. The van der Waals surface area contributed by atoms with E-state index < -0.39 is 0 Å². The van der Waals surface area contributed by atoms with Crippen LogP contribution in [0.15, 0.2) is 67.0 Å². The third-order valence-electron chi connectivity index (χ3n) is 4.56. The predicted octanol–water partition coefficient (Wildman–Crippen LogP) is 5.07. The van der Waals surface area contributed by atoms with E-state index in [1.165, 1.54) is 0 Å². The molecule has 2 N–H and O–H groups in total. The monoisotopic (exact) mass is 391 g/mol. The molecule has 5 nitrogen and oxygen atoms in total. The summed E-state index contributed by atoms with van der Waals surface area (Å²) in [5.41, 5.74) is 3.00. The largest absolute Gasteiger partial charge is 0.497 e. The summed E-state index contributed by atoms with van der Waals surface area (Å²) < 4.78 is 5.18. The summed E-state index contributed by atoms with van der Waals surface area (Å²) in [7, 11) is 1.64. The Kier molecular flexibility index (Phi) is 5.00. The van der Waals surface area contributed by atoms with Gasteiger partial charge < -0.3 is 15.0 Å². The molecule has 0 saturated carbocycles. The molecule has 0 aliphatic carbocycles. The van der Waals surface area contributed by atoms with Crippen molar-refractivity contribution in [3.05, 3.63) is 88.7 Å². The second-order valence-electron chi connectivity index (χ2n) is 6.32. The van der Waals surface area contributed by atoms with Gasteiger partial charge in [-0.05, 0) is 42.0 Å². The number of pyridine rings is 1. The van der Waals surface area contributed by atoms with Crippen molar-refractivity contribution in [1.29, 1.82) is 0 Å². The molecular weight excluding hydrogens is 374 g/mol. The van der Waals surface area contributed by atoms with Crippen molar-refractivity contribution < 1.29 is 9.53 Å². The van der Waals surface area contributed by atoms with Crippen LogP contribution < -0.4 is 10.1 Å². The molecule has 4 aromatic rings. The number of fused-ring (bicyclic) bond motifs is 1. The molecule has 2 aromatic heterocycles. The highest BCUT2D eigenvalue weighted by Gasteiger charge is 2.18. The number of halogens is 1. The van der Waals surface area contributed by atoms with Crippen LogP contribution in [0.25, 0.3) is 10.9 Å². The van der Waals surface area contributed by atoms with Crippen LogP contribution >= 0.6 is 11.6 Å². The van der Waals surface area contributed by atoms with Crippen LogP contribution in [0.1, 0.15) is 21.5 Å². The van der Waals surface area contributed by atoms with Gasteiger partial charge in [-0.3, -0.25) is 4.79 Å². The van der Waals surface area contributed by atoms with Crippen molar-refractivity contribution in [3.63, 3.8) is 0 Å². The molecule has 0 spiro atoms. The summed E-state index contributed by atoms with van der Waals surface area (Å²) in [5, 5.41) is 4.72. The lowest BCUT2D eigenvalue weighted by Gasteiger charge is -2.10. The van der Waals surface area contributed by atoms with E-state index >= 15 is 0 Å². The number of aromatic nitrogens is 2. The fourth-order valence-corrected chi connectivity index (χ4v) is 3.26. The van der Waals surface area contributed by atoms with E-state index in [-0.39, 0.29) is 5.78 Å². The van der Waals surface area contributed by atoms with Crippen LogP contribution in [0.2, 0.25) is 5.02 Å². The van der Waals surface area contributed by atoms with E-state index in [4.69, 9.17) is 16.3 Å². The fraction of sp³-hybridized carbons (Fsp3) is 0.0909. The minimum absolute atomic E-state index is 0.0982. The maximum atomic E-state index is 13.2.